The zero-order valence-electron chi connectivity index (χ0n) is 22.0. The van der Waals surface area contributed by atoms with Gasteiger partial charge in [0.2, 0.25) is 0 Å². The second kappa shape index (κ2) is 12.1. The molecular formula is C28H28N4O6S2. The number of hydrogen-bond donors (Lipinski definition) is 2. The van der Waals surface area contributed by atoms with Crippen molar-refractivity contribution in [3.8, 4) is 23.0 Å². The molecule has 1 fully saturated rings. The maximum absolute atomic E-state index is 12.6. The first-order valence-electron chi connectivity index (χ1n) is 12.8. The summed E-state index contributed by atoms with van der Waals surface area (Å²) in [5, 5.41) is 21.2. The van der Waals surface area contributed by atoms with E-state index in [-0.39, 0.29) is 23.3 Å². The van der Waals surface area contributed by atoms with Crippen LogP contribution in [0.1, 0.15) is 25.0 Å². The number of carbonyl (C=O) groups is 2. The molecule has 2 aromatic rings. The van der Waals surface area contributed by atoms with Gasteiger partial charge in [-0.05, 0) is 84.9 Å². The second-order valence-corrected chi connectivity index (χ2v) is 10.9. The molecule has 2 N–H and O–H groups in total. The summed E-state index contributed by atoms with van der Waals surface area (Å²) in [4.78, 5) is 38.8. The number of amides is 2. The molecule has 0 aliphatic carbocycles. The highest BCUT2D eigenvalue weighted by atomic mass is 32.2. The van der Waals surface area contributed by atoms with E-state index in [0.717, 1.165) is 11.1 Å². The van der Waals surface area contributed by atoms with E-state index < -0.39 is 0 Å². The number of phenolic OH excluding ortho intramolecular Hbond substituents is 2. The average molecular weight is 581 g/mol. The second-order valence-electron chi connectivity index (χ2n) is 8.91. The van der Waals surface area contributed by atoms with Gasteiger partial charge in [0.1, 0.15) is 0 Å². The third-order valence-corrected chi connectivity index (χ3v) is 8.29. The molecule has 10 nitrogen and oxygen atoms in total. The van der Waals surface area contributed by atoms with Gasteiger partial charge in [-0.3, -0.25) is 9.59 Å². The summed E-state index contributed by atoms with van der Waals surface area (Å²) in [6.07, 6.45) is 3.49. The molecule has 0 atom stereocenters. The van der Waals surface area contributed by atoms with Gasteiger partial charge >= 0.3 is 0 Å². The van der Waals surface area contributed by atoms with Crippen LogP contribution in [0.2, 0.25) is 0 Å². The Kier molecular flexibility index (Phi) is 8.36. The minimum atomic E-state index is -0.300. The molecule has 40 heavy (non-hydrogen) atoms. The molecule has 208 valence electrons. The van der Waals surface area contributed by atoms with Crippen molar-refractivity contribution in [2.24, 2.45) is 9.98 Å². The first-order chi connectivity index (χ1) is 19.3. The molecule has 0 spiro atoms. The maximum Gasteiger partial charge on any atom is 0.286 e. The van der Waals surface area contributed by atoms with Crippen LogP contribution in [0.5, 0.6) is 23.0 Å². The topological polar surface area (TPSA) is 124 Å². The smallest absolute Gasteiger partial charge is 0.286 e. The van der Waals surface area contributed by atoms with Gasteiger partial charge in [0.25, 0.3) is 11.8 Å². The van der Waals surface area contributed by atoms with Crippen LogP contribution in [-0.2, 0) is 9.59 Å². The first kappa shape index (κ1) is 27.7. The van der Waals surface area contributed by atoms with E-state index in [0.29, 0.717) is 71.0 Å². The number of hydrogen-bond acceptors (Lipinski definition) is 10. The number of thioether (sulfide) groups is 2. The summed E-state index contributed by atoms with van der Waals surface area (Å²) in [6.45, 7) is 7.03. The van der Waals surface area contributed by atoms with Crippen LogP contribution in [-0.4, -0.2) is 81.6 Å². The lowest BCUT2D eigenvalue weighted by atomic mass is 10.2. The Hall–Kier alpha value is -3.90. The quantitative estimate of drug-likeness (QED) is 0.482. The van der Waals surface area contributed by atoms with Crippen molar-refractivity contribution in [2.45, 2.75) is 13.8 Å². The number of ether oxygens (including phenoxy) is 2. The Labute approximate surface area is 240 Å². The molecule has 0 aromatic heterocycles. The average Bonchev–Trinajstić information content (AvgIpc) is 3.50. The molecule has 0 saturated carbocycles. The molecule has 3 aliphatic rings. The lowest BCUT2D eigenvalue weighted by molar-refractivity contribution is -0.114. The van der Waals surface area contributed by atoms with Gasteiger partial charge in [0.15, 0.2) is 33.3 Å². The molecule has 2 aromatic carbocycles. The number of rotatable bonds is 6. The fraction of sp³-hybridized carbons (Fsp3) is 0.286. The van der Waals surface area contributed by atoms with Crippen LogP contribution in [0, 0.1) is 0 Å². The van der Waals surface area contributed by atoms with E-state index >= 15 is 0 Å². The molecular weight excluding hydrogens is 552 g/mol. The SMILES string of the molecule is CCOc1cc(/C=C2/SC(N3CCN(C4=NC(=O)/C(=C\c5ccc(O)c(OCC)c5)S4)CC3)=NC2=O)ccc1O. The van der Waals surface area contributed by atoms with Crippen LogP contribution in [0.15, 0.2) is 56.2 Å². The normalized spacial score (nSPS) is 19.4. The number of benzene rings is 2. The highest BCUT2D eigenvalue weighted by Crippen LogP contribution is 2.35. The summed E-state index contributed by atoms with van der Waals surface area (Å²) < 4.78 is 10.9. The molecule has 3 heterocycles. The molecule has 3 aliphatic heterocycles. The van der Waals surface area contributed by atoms with Crippen molar-refractivity contribution < 1.29 is 29.3 Å². The molecule has 2 amide bonds. The van der Waals surface area contributed by atoms with Crippen LogP contribution in [0.3, 0.4) is 0 Å². The van der Waals surface area contributed by atoms with Gasteiger partial charge in [0.05, 0.1) is 23.0 Å². The van der Waals surface area contributed by atoms with Crippen LogP contribution in [0.25, 0.3) is 12.2 Å². The highest BCUT2D eigenvalue weighted by Gasteiger charge is 2.32. The molecule has 0 bridgehead atoms. The number of aliphatic imine (C=N–C) groups is 2. The standard InChI is InChI=1S/C28H28N4O6S2/c1-3-37-21-13-17(5-7-19(21)33)15-23-25(35)29-27(39-23)31-9-11-32(12-10-31)28-30-26(36)24(40-28)16-18-6-8-20(34)22(14-18)38-4-2/h5-8,13-16,33-34H,3-4,9-12H2,1-2H3/b23-15+,24-16+. The Morgan fingerprint density at radius 2 is 1.15 bits per heavy atom. The molecule has 12 heteroatoms. The van der Waals surface area contributed by atoms with E-state index in [9.17, 15) is 19.8 Å². The van der Waals surface area contributed by atoms with E-state index in [1.54, 1.807) is 48.6 Å². The first-order valence-corrected chi connectivity index (χ1v) is 14.4. The maximum atomic E-state index is 12.6. The van der Waals surface area contributed by atoms with Gasteiger partial charge in [-0.1, -0.05) is 12.1 Å². The van der Waals surface area contributed by atoms with Crippen molar-refractivity contribution in [3.63, 3.8) is 0 Å². The fourth-order valence-corrected chi connectivity index (χ4v) is 6.17. The summed E-state index contributed by atoms with van der Waals surface area (Å²) in [5.41, 5.74) is 1.48. The Morgan fingerprint density at radius 3 is 1.52 bits per heavy atom. The number of aromatic hydroxyl groups is 2. The minimum Gasteiger partial charge on any atom is -0.504 e. The largest absolute Gasteiger partial charge is 0.504 e. The summed E-state index contributed by atoms with van der Waals surface area (Å²) >= 11 is 2.65. The van der Waals surface area contributed by atoms with Gasteiger partial charge in [-0.2, -0.15) is 9.98 Å². The number of nitrogens with zero attached hydrogens (tertiary/aromatic N) is 4. The van der Waals surface area contributed by atoms with Crippen molar-refractivity contribution in [1.29, 1.82) is 0 Å². The van der Waals surface area contributed by atoms with Gasteiger partial charge in [-0.25, -0.2) is 0 Å². The van der Waals surface area contributed by atoms with E-state index in [1.807, 2.05) is 13.8 Å². The summed E-state index contributed by atoms with van der Waals surface area (Å²) in [7, 11) is 0. The van der Waals surface area contributed by atoms with Gasteiger partial charge < -0.3 is 29.5 Å². The Balaban J connectivity index is 1.19. The van der Waals surface area contributed by atoms with Gasteiger partial charge in [0, 0.05) is 26.2 Å². The summed E-state index contributed by atoms with van der Waals surface area (Å²) in [5.74, 6) is 0.237. The molecule has 1 saturated heterocycles. The number of phenols is 2. The number of piperazine rings is 1. The summed E-state index contributed by atoms with van der Waals surface area (Å²) in [6, 6.07) is 9.92. The zero-order chi connectivity index (χ0) is 28.2. The monoisotopic (exact) mass is 580 g/mol. The minimum absolute atomic E-state index is 0.0506. The van der Waals surface area contributed by atoms with Crippen LogP contribution >= 0.6 is 23.5 Å². The third-order valence-electron chi connectivity index (χ3n) is 6.20. The predicted molar refractivity (Wildman–Crippen MR) is 158 cm³/mol. The van der Waals surface area contributed by atoms with E-state index in [1.165, 1.54) is 23.5 Å². The van der Waals surface area contributed by atoms with Crippen molar-refractivity contribution in [1.82, 2.24) is 9.80 Å². The zero-order valence-corrected chi connectivity index (χ0v) is 23.6. The van der Waals surface area contributed by atoms with E-state index in [4.69, 9.17) is 9.47 Å². The number of carbonyl (C=O) groups excluding carboxylic acids is 2. The van der Waals surface area contributed by atoms with Crippen LogP contribution < -0.4 is 9.47 Å². The fourth-order valence-electron chi connectivity index (χ4n) is 4.24. The van der Waals surface area contributed by atoms with Crippen molar-refractivity contribution >= 4 is 57.8 Å². The number of amidine groups is 2. The molecule has 0 unspecified atom stereocenters. The highest BCUT2D eigenvalue weighted by molar-refractivity contribution is 8.18. The van der Waals surface area contributed by atoms with E-state index in [2.05, 4.69) is 19.8 Å². The Morgan fingerprint density at radius 1 is 0.750 bits per heavy atom. The lowest BCUT2D eigenvalue weighted by Gasteiger charge is -2.35. The predicted octanol–water partition coefficient (Wildman–Crippen LogP) is 4.15. The lowest BCUT2D eigenvalue weighted by Crippen LogP contribution is -2.49. The van der Waals surface area contributed by atoms with Crippen molar-refractivity contribution in [2.75, 3.05) is 39.4 Å². The van der Waals surface area contributed by atoms with Gasteiger partial charge in [-0.15, -0.1) is 0 Å². The molecule has 5 rings (SSSR count). The Bertz CT molecular complexity index is 1350. The third kappa shape index (κ3) is 6.13. The van der Waals surface area contributed by atoms with Crippen LogP contribution in [0.4, 0.5) is 0 Å². The van der Waals surface area contributed by atoms with Crippen molar-refractivity contribution in [3.05, 3.63) is 57.3 Å². The molecule has 0 radical (unpaired) electrons.